The van der Waals surface area contributed by atoms with Crippen molar-refractivity contribution in [2.45, 2.75) is 58.3 Å². The molecule has 1 fully saturated rings. The molecule has 2 N–H and O–H groups in total. The monoisotopic (exact) mass is 271 g/mol. The van der Waals surface area contributed by atoms with Crippen molar-refractivity contribution in [2.24, 2.45) is 17.1 Å². The molecule has 1 aliphatic rings. The predicted molar refractivity (Wildman–Crippen MR) is 80.3 cm³/mol. The molecule has 0 aromatic heterocycles. The summed E-state index contributed by atoms with van der Waals surface area (Å²) in [5, 5.41) is 0. The van der Waals surface area contributed by atoms with Crippen LogP contribution in [-0.4, -0.2) is 33.5 Å². The fourth-order valence-electron chi connectivity index (χ4n) is 3.34. The summed E-state index contributed by atoms with van der Waals surface area (Å²) < 4.78 is 10.5. The average Bonchev–Trinajstić information content (AvgIpc) is 2.45. The number of nitrogens with two attached hydrogens (primary N) is 1. The molecule has 0 amide bonds. The Labute approximate surface area is 119 Å². The van der Waals surface area contributed by atoms with Crippen LogP contribution in [0.5, 0.6) is 0 Å². The first-order chi connectivity index (χ1) is 9.26. The van der Waals surface area contributed by atoms with Gasteiger partial charge in [-0.1, -0.05) is 19.8 Å². The third-order valence-electron chi connectivity index (χ3n) is 4.72. The lowest BCUT2D eigenvalue weighted by Gasteiger charge is -2.39. The predicted octanol–water partition coefficient (Wildman–Crippen LogP) is 3.37. The van der Waals surface area contributed by atoms with Gasteiger partial charge in [0.05, 0.1) is 13.2 Å². The Morgan fingerprint density at radius 2 is 1.89 bits per heavy atom. The molecule has 1 saturated carbocycles. The van der Waals surface area contributed by atoms with E-state index in [1.807, 2.05) is 0 Å². The van der Waals surface area contributed by atoms with Crippen LogP contribution in [0.2, 0.25) is 0 Å². The number of hydrogen-bond acceptors (Lipinski definition) is 3. The SMILES string of the molecule is CCCC1CCC(CN)(CCCOCCOC)CC1. The summed E-state index contributed by atoms with van der Waals surface area (Å²) in [6, 6.07) is 0. The molecular formula is C16H33NO2. The van der Waals surface area contributed by atoms with Crippen LogP contribution >= 0.6 is 0 Å². The molecule has 0 bridgehead atoms. The molecule has 0 heterocycles. The van der Waals surface area contributed by atoms with Gasteiger partial charge in [-0.2, -0.15) is 0 Å². The van der Waals surface area contributed by atoms with Crippen LogP contribution in [0, 0.1) is 11.3 Å². The van der Waals surface area contributed by atoms with E-state index in [1.54, 1.807) is 7.11 Å². The summed E-state index contributed by atoms with van der Waals surface area (Å²) in [5.41, 5.74) is 6.47. The summed E-state index contributed by atoms with van der Waals surface area (Å²) in [6.45, 7) is 5.40. The molecule has 3 heteroatoms. The second kappa shape index (κ2) is 9.73. The standard InChI is InChI=1S/C16H33NO2/c1-3-5-15-6-9-16(14-17,10-7-15)8-4-11-19-13-12-18-2/h15H,3-14,17H2,1-2H3. The minimum atomic E-state index is 0.412. The highest BCUT2D eigenvalue weighted by Gasteiger charge is 2.33. The zero-order valence-electron chi connectivity index (χ0n) is 13.0. The molecule has 0 aromatic rings. The molecule has 3 nitrogen and oxygen atoms in total. The zero-order valence-corrected chi connectivity index (χ0v) is 13.0. The maximum absolute atomic E-state index is 6.06. The first-order valence-corrected chi connectivity index (χ1v) is 8.03. The number of rotatable bonds is 10. The third kappa shape index (κ3) is 6.24. The maximum Gasteiger partial charge on any atom is 0.0700 e. The van der Waals surface area contributed by atoms with E-state index in [4.69, 9.17) is 15.2 Å². The van der Waals surface area contributed by atoms with Crippen LogP contribution in [0.1, 0.15) is 58.3 Å². The van der Waals surface area contributed by atoms with E-state index in [9.17, 15) is 0 Å². The van der Waals surface area contributed by atoms with Crippen molar-refractivity contribution in [2.75, 3.05) is 33.5 Å². The highest BCUT2D eigenvalue weighted by Crippen LogP contribution is 2.42. The van der Waals surface area contributed by atoms with Crippen molar-refractivity contribution in [3.05, 3.63) is 0 Å². The van der Waals surface area contributed by atoms with E-state index in [-0.39, 0.29) is 0 Å². The Kier molecular flexibility index (Phi) is 8.67. The minimum absolute atomic E-state index is 0.412. The van der Waals surface area contributed by atoms with Crippen LogP contribution in [0.25, 0.3) is 0 Å². The van der Waals surface area contributed by atoms with Gasteiger partial charge in [0.25, 0.3) is 0 Å². The highest BCUT2D eigenvalue weighted by molar-refractivity contribution is 4.86. The summed E-state index contributed by atoms with van der Waals surface area (Å²) in [4.78, 5) is 0. The molecule has 0 aliphatic heterocycles. The lowest BCUT2D eigenvalue weighted by atomic mass is 9.67. The zero-order chi connectivity index (χ0) is 14.0. The van der Waals surface area contributed by atoms with Crippen molar-refractivity contribution in [1.82, 2.24) is 0 Å². The minimum Gasteiger partial charge on any atom is -0.382 e. The molecular weight excluding hydrogens is 238 g/mol. The van der Waals surface area contributed by atoms with Crippen LogP contribution in [-0.2, 0) is 9.47 Å². The lowest BCUT2D eigenvalue weighted by Crippen LogP contribution is -2.35. The van der Waals surface area contributed by atoms with E-state index in [0.717, 1.165) is 25.5 Å². The number of hydrogen-bond donors (Lipinski definition) is 1. The van der Waals surface area contributed by atoms with Crippen molar-refractivity contribution in [3.63, 3.8) is 0 Å². The van der Waals surface area contributed by atoms with E-state index in [1.165, 1.54) is 44.9 Å². The van der Waals surface area contributed by atoms with Crippen LogP contribution < -0.4 is 5.73 Å². The Balaban J connectivity index is 2.18. The Morgan fingerprint density at radius 3 is 2.47 bits per heavy atom. The second-order valence-electron chi connectivity index (χ2n) is 6.14. The largest absolute Gasteiger partial charge is 0.382 e. The smallest absolute Gasteiger partial charge is 0.0700 e. The molecule has 0 aromatic carbocycles. The number of methoxy groups -OCH3 is 1. The van der Waals surface area contributed by atoms with Gasteiger partial charge in [-0.15, -0.1) is 0 Å². The summed E-state index contributed by atoms with van der Waals surface area (Å²) in [5.74, 6) is 0.961. The topological polar surface area (TPSA) is 44.5 Å². The van der Waals surface area contributed by atoms with Gasteiger partial charge in [-0.05, 0) is 56.4 Å². The summed E-state index contributed by atoms with van der Waals surface area (Å²) in [7, 11) is 1.71. The van der Waals surface area contributed by atoms with E-state index < -0.39 is 0 Å². The molecule has 0 atom stereocenters. The molecule has 1 rings (SSSR count). The van der Waals surface area contributed by atoms with Gasteiger partial charge in [-0.3, -0.25) is 0 Å². The van der Waals surface area contributed by atoms with E-state index >= 15 is 0 Å². The molecule has 0 radical (unpaired) electrons. The highest BCUT2D eigenvalue weighted by atomic mass is 16.5. The van der Waals surface area contributed by atoms with Crippen LogP contribution in [0.3, 0.4) is 0 Å². The normalized spacial score (nSPS) is 27.6. The quantitative estimate of drug-likeness (QED) is 0.620. The lowest BCUT2D eigenvalue weighted by molar-refractivity contribution is 0.0578. The molecule has 0 saturated heterocycles. The van der Waals surface area contributed by atoms with Gasteiger partial charge in [0.15, 0.2) is 0 Å². The first-order valence-electron chi connectivity index (χ1n) is 8.03. The number of ether oxygens (including phenoxy) is 2. The van der Waals surface area contributed by atoms with Gasteiger partial charge >= 0.3 is 0 Å². The van der Waals surface area contributed by atoms with Crippen LogP contribution in [0.4, 0.5) is 0 Å². The molecule has 0 unspecified atom stereocenters. The van der Waals surface area contributed by atoms with Crippen LogP contribution in [0.15, 0.2) is 0 Å². The molecule has 1 aliphatic carbocycles. The Bertz CT molecular complexity index is 213. The summed E-state index contributed by atoms with van der Waals surface area (Å²) >= 11 is 0. The van der Waals surface area contributed by atoms with Crippen molar-refractivity contribution >= 4 is 0 Å². The van der Waals surface area contributed by atoms with Gasteiger partial charge in [0, 0.05) is 13.7 Å². The first kappa shape index (κ1) is 16.9. The molecule has 0 spiro atoms. The van der Waals surface area contributed by atoms with Crippen molar-refractivity contribution in [3.8, 4) is 0 Å². The van der Waals surface area contributed by atoms with Gasteiger partial charge in [0.1, 0.15) is 0 Å². The van der Waals surface area contributed by atoms with Crippen molar-refractivity contribution in [1.29, 1.82) is 0 Å². The average molecular weight is 271 g/mol. The third-order valence-corrected chi connectivity index (χ3v) is 4.72. The summed E-state index contributed by atoms with van der Waals surface area (Å²) in [6.07, 6.45) is 10.5. The maximum atomic E-state index is 6.06. The van der Waals surface area contributed by atoms with Gasteiger partial charge < -0.3 is 15.2 Å². The fourth-order valence-corrected chi connectivity index (χ4v) is 3.34. The Hall–Kier alpha value is -0.120. The molecule has 19 heavy (non-hydrogen) atoms. The van der Waals surface area contributed by atoms with E-state index in [0.29, 0.717) is 18.6 Å². The Morgan fingerprint density at radius 1 is 1.16 bits per heavy atom. The fraction of sp³-hybridized carbons (Fsp3) is 1.00. The molecule has 114 valence electrons. The second-order valence-corrected chi connectivity index (χ2v) is 6.14. The van der Waals surface area contributed by atoms with Crippen molar-refractivity contribution < 1.29 is 9.47 Å². The van der Waals surface area contributed by atoms with E-state index in [2.05, 4.69) is 6.92 Å². The van der Waals surface area contributed by atoms with Gasteiger partial charge in [-0.25, -0.2) is 0 Å². The van der Waals surface area contributed by atoms with Gasteiger partial charge in [0.2, 0.25) is 0 Å².